The highest BCUT2D eigenvalue weighted by atomic mass is 16.4. The third-order valence-corrected chi connectivity index (χ3v) is 2.11. The van der Waals surface area contributed by atoms with Gasteiger partial charge in [-0.2, -0.15) is 0 Å². The van der Waals surface area contributed by atoms with E-state index in [1.165, 1.54) is 18.4 Å². The van der Waals surface area contributed by atoms with Gasteiger partial charge in [0.1, 0.15) is 0 Å². The highest BCUT2D eigenvalue weighted by molar-refractivity contribution is 5.84. The maximum absolute atomic E-state index is 10.3. The summed E-state index contributed by atoms with van der Waals surface area (Å²) in [5.41, 5.74) is 1.40. The Bertz CT molecular complexity index is 226. The number of carboxylic acid groups (broad SMARTS) is 1. The summed E-state index contributed by atoms with van der Waals surface area (Å²) in [6, 6.07) is 0. The smallest absolute Gasteiger partial charge is 0.0672 e. The van der Waals surface area contributed by atoms with E-state index in [-0.39, 0.29) is 5.57 Å². The molecule has 0 spiro atoms. The summed E-state index contributed by atoms with van der Waals surface area (Å²) < 4.78 is 0. The molecule has 0 fully saturated rings. The molecule has 0 atom stereocenters. The molecule has 1 aliphatic rings. The van der Waals surface area contributed by atoms with Gasteiger partial charge in [-0.25, -0.2) is 0 Å². The van der Waals surface area contributed by atoms with Gasteiger partial charge in [-0.1, -0.05) is 18.2 Å². The second-order valence-corrected chi connectivity index (χ2v) is 3.18. The predicted molar refractivity (Wildman–Crippen MR) is 45.3 cm³/mol. The lowest BCUT2D eigenvalue weighted by Crippen LogP contribution is -2.24. The Morgan fingerprint density at radius 3 is 2.83 bits per heavy atom. The van der Waals surface area contributed by atoms with Gasteiger partial charge in [0.15, 0.2) is 0 Å². The van der Waals surface area contributed by atoms with Crippen molar-refractivity contribution in [2.24, 2.45) is 0 Å². The first-order valence-corrected chi connectivity index (χ1v) is 4.27. The number of carbonyl (C=O) groups excluding carboxylic acids is 1. The Kier molecular flexibility index (Phi) is 3.09. The molecule has 0 radical (unpaired) electrons. The highest BCUT2D eigenvalue weighted by Gasteiger charge is 2.05. The monoisotopic (exact) mass is 165 g/mol. The van der Waals surface area contributed by atoms with Crippen LogP contribution < -0.4 is 5.11 Å². The SMILES string of the molecule is C=C(CC1=CCCCC1)C(=O)[O-]. The number of carbonyl (C=O) groups is 1. The van der Waals surface area contributed by atoms with Crippen LogP contribution in [0.4, 0.5) is 0 Å². The lowest BCUT2D eigenvalue weighted by atomic mass is 9.95. The van der Waals surface area contributed by atoms with Gasteiger partial charge in [0.05, 0.1) is 5.97 Å². The Morgan fingerprint density at radius 1 is 1.58 bits per heavy atom. The number of allylic oxidation sites excluding steroid dienone is 2. The standard InChI is InChI=1S/C10H14O2/c1-8(10(11)12)7-9-5-3-2-4-6-9/h5H,1-4,6-7H2,(H,11,12)/p-1. The van der Waals surface area contributed by atoms with Crippen LogP contribution >= 0.6 is 0 Å². The number of hydrogen-bond acceptors (Lipinski definition) is 2. The van der Waals surface area contributed by atoms with E-state index in [9.17, 15) is 9.90 Å². The summed E-state index contributed by atoms with van der Waals surface area (Å²) in [6.07, 6.45) is 7.11. The molecule has 66 valence electrons. The maximum atomic E-state index is 10.3. The van der Waals surface area contributed by atoms with Gasteiger partial charge in [0.25, 0.3) is 0 Å². The molecular weight excluding hydrogens is 152 g/mol. The van der Waals surface area contributed by atoms with E-state index < -0.39 is 5.97 Å². The molecule has 0 aliphatic heterocycles. The molecule has 0 unspecified atom stereocenters. The minimum absolute atomic E-state index is 0.197. The van der Waals surface area contributed by atoms with Crippen LogP contribution in [0, 0.1) is 0 Å². The van der Waals surface area contributed by atoms with Crippen LogP contribution in [0.3, 0.4) is 0 Å². The van der Waals surface area contributed by atoms with Gasteiger partial charge >= 0.3 is 0 Å². The molecule has 0 saturated heterocycles. The van der Waals surface area contributed by atoms with Crippen molar-refractivity contribution < 1.29 is 9.90 Å². The molecule has 0 aromatic carbocycles. The van der Waals surface area contributed by atoms with E-state index in [0.29, 0.717) is 6.42 Å². The third kappa shape index (κ3) is 2.53. The topological polar surface area (TPSA) is 40.1 Å². The molecule has 0 saturated carbocycles. The van der Waals surface area contributed by atoms with Gasteiger partial charge < -0.3 is 9.90 Å². The molecule has 1 aliphatic carbocycles. The lowest BCUT2D eigenvalue weighted by Gasteiger charge is -2.14. The lowest BCUT2D eigenvalue weighted by molar-refractivity contribution is -0.299. The molecule has 0 N–H and O–H groups in total. The fraction of sp³-hybridized carbons (Fsp3) is 0.500. The number of hydrogen-bond donors (Lipinski definition) is 0. The summed E-state index contributed by atoms with van der Waals surface area (Å²) in [6.45, 7) is 3.45. The zero-order chi connectivity index (χ0) is 8.97. The molecule has 12 heavy (non-hydrogen) atoms. The average Bonchev–Trinajstić information content (AvgIpc) is 2.06. The first-order chi connectivity index (χ1) is 5.70. The van der Waals surface area contributed by atoms with Crippen molar-refractivity contribution in [2.45, 2.75) is 32.1 Å². The first-order valence-electron chi connectivity index (χ1n) is 4.27. The molecule has 0 aromatic heterocycles. The number of aliphatic carboxylic acids is 1. The van der Waals surface area contributed by atoms with Crippen molar-refractivity contribution >= 4 is 5.97 Å². The zero-order valence-corrected chi connectivity index (χ0v) is 7.14. The fourth-order valence-corrected chi connectivity index (χ4v) is 1.41. The van der Waals surface area contributed by atoms with E-state index in [1.54, 1.807) is 0 Å². The van der Waals surface area contributed by atoms with Crippen LogP contribution in [-0.2, 0) is 4.79 Å². The first kappa shape index (κ1) is 9.04. The summed E-state index contributed by atoms with van der Waals surface area (Å²) in [5, 5.41) is 10.3. The van der Waals surface area contributed by atoms with Crippen molar-refractivity contribution in [1.29, 1.82) is 0 Å². The van der Waals surface area contributed by atoms with Crippen molar-refractivity contribution in [3.05, 3.63) is 23.8 Å². The summed E-state index contributed by atoms with van der Waals surface area (Å²) in [7, 11) is 0. The largest absolute Gasteiger partial charge is 0.545 e. The van der Waals surface area contributed by atoms with Gasteiger partial charge in [0, 0.05) is 0 Å². The number of rotatable bonds is 3. The van der Waals surface area contributed by atoms with Crippen molar-refractivity contribution in [1.82, 2.24) is 0 Å². The van der Waals surface area contributed by atoms with Crippen LogP contribution in [0.5, 0.6) is 0 Å². The second kappa shape index (κ2) is 4.10. The van der Waals surface area contributed by atoms with E-state index in [1.807, 2.05) is 0 Å². The van der Waals surface area contributed by atoms with Crippen LogP contribution in [0.25, 0.3) is 0 Å². The van der Waals surface area contributed by atoms with Crippen LogP contribution in [-0.4, -0.2) is 5.97 Å². The van der Waals surface area contributed by atoms with Crippen molar-refractivity contribution in [3.8, 4) is 0 Å². The maximum Gasteiger partial charge on any atom is 0.0672 e. The Hall–Kier alpha value is -1.05. The minimum Gasteiger partial charge on any atom is -0.545 e. The van der Waals surface area contributed by atoms with Crippen LogP contribution in [0.1, 0.15) is 32.1 Å². The molecule has 1 rings (SSSR count). The Labute approximate surface area is 72.6 Å². The fourth-order valence-electron chi connectivity index (χ4n) is 1.41. The Balaban J connectivity index is 2.44. The molecule has 2 heteroatoms. The van der Waals surface area contributed by atoms with E-state index in [0.717, 1.165) is 12.8 Å². The van der Waals surface area contributed by atoms with Crippen LogP contribution in [0.2, 0.25) is 0 Å². The number of carboxylic acids is 1. The second-order valence-electron chi connectivity index (χ2n) is 3.18. The summed E-state index contributed by atoms with van der Waals surface area (Å²) in [4.78, 5) is 10.3. The normalized spacial score (nSPS) is 16.8. The summed E-state index contributed by atoms with van der Waals surface area (Å²) in [5.74, 6) is -1.12. The average molecular weight is 165 g/mol. The third-order valence-electron chi connectivity index (χ3n) is 2.11. The van der Waals surface area contributed by atoms with E-state index in [2.05, 4.69) is 12.7 Å². The van der Waals surface area contributed by atoms with Gasteiger partial charge in [-0.3, -0.25) is 0 Å². The van der Waals surface area contributed by atoms with Crippen molar-refractivity contribution in [2.75, 3.05) is 0 Å². The van der Waals surface area contributed by atoms with Gasteiger partial charge in [-0.05, 0) is 37.7 Å². The van der Waals surface area contributed by atoms with Gasteiger partial charge in [0.2, 0.25) is 0 Å². The molecule has 0 amide bonds. The summed E-state index contributed by atoms with van der Waals surface area (Å²) >= 11 is 0. The molecular formula is C10H13O2-. The van der Waals surface area contributed by atoms with E-state index in [4.69, 9.17) is 0 Å². The minimum atomic E-state index is -1.12. The molecule has 2 nitrogen and oxygen atoms in total. The quantitative estimate of drug-likeness (QED) is 0.465. The molecule has 0 heterocycles. The van der Waals surface area contributed by atoms with Gasteiger partial charge in [-0.15, -0.1) is 0 Å². The van der Waals surface area contributed by atoms with Crippen LogP contribution in [0.15, 0.2) is 23.8 Å². The zero-order valence-electron chi connectivity index (χ0n) is 7.14. The van der Waals surface area contributed by atoms with E-state index >= 15 is 0 Å². The molecule has 0 aromatic rings. The highest BCUT2D eigenvalue weighted by Crippen LogP contribution is 2.22. The van der Waals surface area contributed by atoms with Crippen molar-refractivity contribution in [3.63, 3.8) is 0 Å². The Morgan fingerprint density at radius 2 is 2.33 bits per heavy atom. The molecule has 0 bridgehead atoms. The predicted octanol–water partition coefficient (Wildman–Crippen LogP) is 1.18.